The maximum Gasteiger partial charge on any atom is 0.707 e. The van der Waals surface area contributed by atoms with Gasteiger partial charge in [0.1, 0.15) is 5.75 Å². The molecule has 0 saturated carbocycles. The average Bonchev–Trinajstić information content (AvgIpc) is 2.82. The van der Waals surface area contributed by atoms with Crippen LogP contribution in [-0.2, 0) is 0 Å². The van der Waals surface area contributed by atoms with Gasteiger partial charge in [-0.15, -0.1) is 0 Å². The number of benzene rings is 4. The van der Waals surface area contributed by atoms with Gasteiger partial charge >= 0.3 is 14.4 Å². The number of nitrogens with zero attached hydrogens (tertiary/aromatic N) is 1. The molecule has 4 rings (SSSR count). The zero-order valence-electron chi connectivity index (χ0n) is 17.6. The molecule has 6 nitrogen and oxygen atoms in total. The van der Waals surface area contributed by atoms with E-state index in [2.05, 4.69) is 20.8 Å². The van der Waals surface area contributed by atoms with Crippen LogP contribution in [0.3, 0.4) is 0 Å². The third-order valence-corrected chi connectivity index (χ3v) is 5.27. The Labute approximate surface area is 201 Å². The highest BCUT2D eigenvalue weighted by Crippen LogP contribution is 2.34. The number of anilines is 3. The van der Waals surface area contributed by atoms with Crippen LogP contribution in [0.15, 0.2) is 114 Å². The Morgan fingerprint density at radius 3 is 1.45 bits per heavy atom. The monoisotopic (exact) mass is 505 g/mol. The summed E-state index contributed by atoms with van der Waals surface area (Å²) in [6, 6.07) is 34.2. The van der Waals surface area contributed by atoms with Gasteiger partial charge in [0.05, 0.1) is 0 Å². The summed E-state index contributed by atoms with van der Waals surface area (Å²) in [5.74, 6) is 0.393. The molecular formula is C24H22B2BrNO5. The maximum absolute atomic E-state index is 8.86. The third kappa shape index (κ3) is 7.21. The Kier molecular flexibility index (Phi) is 9.12. The van der Waals surface area contributed by atoms with Crippen molar-refractivity contribution < 1.29 is 24.8 Å². The average molecular weight is 506 g/mol. The van der Waals surface area contributed by atoms with Gasteiger partial charge in [-0.1, -0.05) is 70.5 Å². The Hall–Kier alpha value is -3.07. The maximum atomic E-state index is 8.86. The lowest BCUT2D eigenvalue weighted by Gasteiger charge is -2.25. The van der Waals surface area contributed by atoms with E-state index < -0.39 is 14.4 Å². The van der Waals surface area contributed by atoms with Crippen LogP contribution < -0.4 is 15.0 Å². The van der Waals surface area contributed by atoms with Crippen LogP contribution in [0.1, 0.15) is 0 Å². The minimum Gasteiger partial charge on any atom is -0.512 e. The van der Waals surface area contributed by atoms with E-state index in [0.29, 0.717) is 15.7 Å². The van der Waals surface area contributed by atoms with Crippen LogP contribution in [-0.4, -0.2) is 34.5 Å². The summed E-state index contributed by atoms with van der Waals surface area (Å²) < 4.78 is 5.57. The molecule has 0 amide bonds. The highest BCUT2D eigenvalue weighted by Gasteiger charge is 2.14. The SMILES string of the molecule is OB(O)Oc1ccc(N(c2ccccc2)c2ccccc2)cc1.OB(O)c1ccccc1Br. The second kappa shape index (κ2) is 12.2. The van der Waals surface area contributed by atoms with Gasteiger partial charge in [0.2, 0.25) is 0 Å². The van der Waals surface area contributed by atoms with Gasteiger partial charge in [0, 0.05) is 21.5 Å². The van der Waals surface area contributed by atoms with Gasteiger partial charge in [0.15, 0.2) is 0 Å². The van der Waals surface area contributed by atoms with Gasteiger partial charge < -0.3 is 29.7 Å². The van der Waals surface area contributed by atoms with Crippen molar-refractivity contribution in [2.45, 2.75) is 0 Å². The molecule has 0 fully saturated rings. The van der Waals surface area contributed by atoms with Crippen LogP contribution in [0.4, 0.5) is 17.1 Å². The van der Waals surface area contributed by atoms with E-state index in [0.717, 1.165) is 17.1 Å². The minimum atomic E-state index is -1.82. The summed E-state index contributed by atoms with van der Waals surface area (Å²) in [6.07, 6.45) is 0. The number of rotatable bonds is 6. The molecule has 0 aliphatic rings. The first-order valence-electron chi connectivity index (χ1n) is 10.1. The van der Waals surface area contributed by atoms with Crippen LogP contribution >= 0.6 is 15.9 Å². The number of hydrogen-bond donors (Lipinski definition) is 4. The molecule has 166 valence electrons. The second-order valence-corrected chi connectivity index (χ2v) is 7.69. The number of halogens is 1. The molecule has 4 N–H and O–H groups in total. The quantitative estimate of drug-likeness (QED) is 0.299. The highest BCUT2D eigenvalue weighted by molar-refractivity contribution is 9.10. The summed E-state index contributed by atoms with van der Waals surface area (Å²) in [5, 5.41) is 35.2. The van der Waals surface area contributed by atoms with E-state index in [1.54, 1.807) is 30.3 Å². The van der Waals surface area contributed by atoms with Crippen LogP contribution in [0.5, 0.6) is 5.75 Å². The van der Waals surface area contributed by atoms with Gasteiger partial charge in [-0.05, 0) is 60.1 Å². The lowest BCUT2D eigenvalue weighted by Crippen LogP contribution is -2.30. The zero-order chi connectivity index (χ0) is 23.6. The smallest absolute Gasteiger partial charge is 0.512 e. The fraction of sp³-hybridized carbons (Fsp3) is 0. The lowest BCUT2D eigenvalue weighted by molar-refractivity contribution is 0.288. The molecule has 4 aromatic carbocycles. The second-order valence-electron chi connectivity index (χ2n) is 6.84. The molecule has 0 aromatic heterocycles. The molecule has 0 saturated heterocycles. The van der Waals surface area contributed by atoms with E-state index in [-0.39, 0.29) is 0 Å². The summed E-state index contributed by atoms with van der Waals surface area (Å²) in [7, 11) is -3.21. The van der Waals surface area contributed by atoms with E-state index in [4.69, 9.17) is 24.8 Å². The Morgan fingerprint density at radius 2 is 1.03 bits per heavy atom. The lowest BCUT2D eigenvalue weighted by atomic mass is 9.80. The van der Waals surface area contributed by atoms with Gasteiger partial charge in [-0.3, -0.25) is 0 Å². The van der Waals surface area contributed by atoms with E-state index >= 15 is 0 Å². The Bertz CT molecular complexity index is 1080. The predicted molar refractivity (Wildman–Crippen MR) is 136 cm³/mol. The summed E-state index contributed by atoms with van der Waals surface area (Å²) in [4.78, 5) is 2.11. The first-order chi connectivity index (χ1) is 16.0. The topological polar surface area (TPSA) is 93.4 Å². The zero-order valence-corrected chi connectivity index (χ0v) is 19.2. The van der Waals surface area contributed by atoms with Gasteiger partial charge in [-0.2, -0.15) is 0 Å². The minimum absolute atomic E-state index is 0.393. The standard InChI is InChI=1S/C18H16BNO3.C6H6BBrO2/c21-19(22)23-18-13-11-17(12-14-18)20(15-7-3-1-4-8-15)16-9-5-2-6-10-16;8-6-4-2-1-3-5(6)7(9)10/h1-14,21-22H;1-4,9-10H. The van der Waals surface area contributed by atoms with Gasteiger partial charge in [0.25, 0.3) is 0 Å². The van der Waals surface area contributed by atoms with Crippen molar-refractivity contribution in [3.63, 3.8) is 0 Å². The fourth-order valence-electron chi connectivity index (χ4n) is 3.08. The molecule has 9 heteroatoms. The van der Waals surface area contributed by atoms with Crippen molar-refractivity contribution in [3.05, 3.63) is 114 Å². The van der Waals surface area contributed by atoms with Crippen molar-refractivity contribution in [1.82, 2.24) is 0 Å². The van der Waals surface area contributed by atoms with Crippen LogP contribution in [0.25, 0.3) is 0 Å². The van der Waals surface area contributed by atoms with Gasteiger partial charge in [-0.25, -0.2) is 0 Å². The third-order valence-electron chi connectivity index (χ3n) is 4.55. The molecule has 4 aromatic rings. The molecular weight excluding hydrogens is 484 g/mol. The molecule has 33 heavy (non-hydrogen) atoms. The first kappa shape index (κ1) is 24.6. The van der Waals surface area contributed by atoms with Crippen molar-refractivity contribution in [2.75, 3.05) is 4.90 Å². The Morgan fingerprint density at radius 1 is 0.576 bits per heavy atom. The molecule has 0 bridgehead atoms. The van der Waals surface area contributed by atoms with Crippen molar-refractivity contribution in [3.8, 4) is 5.75 Å². The van der Waals surface area contributed by atoms with Crippen molar-refractivity contribution in [1.29, 1.82) is 0 Å². The highest BCUT2D eigenvalue weighted by atomic mass is 79.9. The fourth-order valence-corrected chi connectivity index (χ4v) is 3.57. The number of hydrogen-bond acceptors (Lipinski definition) is 6. The summed E-state index contributed by atoms with van der Waals surface area (Å²) in [6.45, 7) is 0. The molecule has 0 heterocycles. The molecule has 0 spiro atoms. The van der Waals surface area contributed by atoms with Crippen molar-refractivity contribution in [2.24, 2.45) is 0 Å². The molecule has 0 unspecified atom stereocenters. The van der Waals surface area contributed by atoms with E-state index in [1.165, 1.54) is 0 Å². The molecule has 0 atom stereocenters. The van der Waals surface area contributed by atoms with Crippen LogP contribution in [0.2, 0.25) is 0 Å². The van der Waals surface area contributed by atoms with E-state index in [9.17, 15) is 0 Å². The first-order valence-corrected chi connectivity index (χ1v) is 10.9. The van der Waals surface area contributed by atoms with E-state index in [1.807, 2.05) is 78.9 Å². The molecule has 0 aliphatic heterocycles. The largest absolute Gasteiger partial charge is 0.707 e. The number of para-hydroxylation sites is 2. The summed E-state index contributed by atoms with van der Waals surface area (Å²) in [5.41, 5.74) is 3.51. The van der Waals surface area contributed by atoms with Crippen LogP contribution in [0, 0.1) is 0 Å². The molecule has 0 radical (unpaired) electrons. The summed E-state index contributed by atoms with van der Waals surface area (Å²) >= 11 is 3.18. The Balaban J connectivity index is 0.000000257. The normalized spacial score (nSPS) is 9.97. The molecule has 0 aliphatic carbocycles. The predicted octanol–water partition coefficient (Wildman–Crippen LogP) is 3.63. The van der Waals surface area contributed by atoms with Crippen molar-refractivity contribution >= 4 is 52.9 Å².